The van der Waals surface area contributed by atoms with E-state index in [-0.39, 0.29) is 11.7 Å². The zero-order valence-corrected chi connectivity index (χ0v) is 13.4. The van der Waals surface area contributed by atoms with Gasteiger partial charge in [-0.1, -0.05) is 0 Å². The minimum absolute atomic E-state index is 0.139. The molecule has 3 aromatic rings. The van der Waals surface area contributed by atoms with Crippen LogP contribution in [0, 0.1) is 0 Å². The predicted molar refractivity (Wildman–Crippen MR) is 89.3 cm³/mol. The van der Waals surface area contributed by atoms with E-state index in [1.807, 2.05) is 24.4 Å². The summed E-state index contributed by atoms with van der Waals surface area (Å²) in [4.78, 5) is 24.3. The van der Waals surface area contributed by atoms with Crippen LogP contribution in [0.1, 0.15) is 10.6 Å². The van der Waals surface area contributed by atoms with Crippen molar-refractivity contribution < 1.29 is 4.79 Å². The Bertz CT molecular complexity index is 826. The van der Waals surface area contributed by atoms with E-state index in [0.29, 0.717) is 32.0 Å². The first-order chi connectivity index (χ1) is 12.3. The Labute approximate surface area is 143 Å². The van der Waals surface area contributed by atoms with Crippen molar-refractivity contribution in [2.24, 2.45) is 0 Å². The Kier molecular flexibility index (Phi) is 4.03. The Morgan fingerprint density at radius 1 is 0.880 bits per heavy atom. The van der Waals surface area contributed by atoms with Crippen LogP contribution in [0.2, 0.25) is 0 Å². The summed E-state index contributed by atoms with van der Waals surface area (Å²) in [7, 11) is 0. The van der Waals surface area contributed by atoms with Crippen molar-refractivity contribution in [2.75, 3.05) is 31.1 Å². The summed E-state index contributed by atoms with van der Waals surface area (Å²) in [6.45, 7) is 2.57. The van der Waals surface area contributed by atoms with Gasteiger partial charge in [0.1, 0.15) is 0 Å². The molecule has 9 nitrogen and oxygen atoms in total. The van der Waals surface area contributed by atoms with Crippen LogP contribution in [0.3, 0.4) is 0 Å². The van der Waals surface area contributed by atoms with Crippen LogP contribution in [0.4, 0.5) is 5.82 Å². The summed E-state index contributed by atoms with van der Waals surface area (Å²) < 4.78 is 1.66. The van der Waals surface area contributed by atoms with Gasteiger partial charge in [0.05, 0.1) is 0 Å². The van der Waals surface area contributed by atoms with Gasteiger partial charge >= 0.3 is 0 Å². The molecule has 0 spiro atoms. The predicted octanol–water partition coefficient (Wildman–Crippen LogP) is 0.415. The molecule has 126 valence electrons. The van der Waals surface area contributed by atoms with Gasteiger partial charge in [-0.05, 0) is 24.3 Å². The fraction of sp³-hybridized carbons (Fsp3) is 0.250. The lowest BCUT2D eigenvalue weighted by atomic mass is 10.3. The molecule has 0 saturated carbocycles. The number of nitrogens with zero attached hydrogens (tertiary/aromatic N) is 8. The summed E-state index contributed by atoms with van der Waals surface area (Å²) in [5.74, 6) is 1.56. The summed E-state index contributed by atoms with van der Waals surface area (Å²) in [6.07, 6.45) is 6.67. The average Bonchev–Trinajstić information content (AvgIpc) is 3.23. The number of carbonyl (C=O) groups is 1. The number of amides is 1. The molecule has 0 radical (unpaired) electrons. The monoisotopic (exact) mass is 336 g/mol. The lowest BCUT2D eigenvalue weighted by molar-refractivity contribution is 0.0734. The van der Waals surface area contributed by atoms with Crippen molar-refractivity contribution in [1.29, 1.82) is 0 Å². The van der Waals surface area contributed by atoms with Crippen LogP contribution in [-0.2, 0) is 0 Å². The Hall–Kier alpha value is -3.36. The second kappa shape index (κ2) is 6.63. The number of carbonyl (C=O) groups excluding carboxylic acids is 1. The van der Waals surface area contributed by atoms with Crippen LogP contribution < -0.4 is 4.90 Å². The van der Waals surface area contributed by atoms with Crippen LogP contribution in [0.25, 0.3) is 5.82 Å². The highest BCUT2D eigenvalue weighted by molar-refractivity contribution is 5.90. The number of hydrogen-bond acceptors (Lipinski definition) is 7. The molecule has 9 heteroatoms. The summed E-state index contributed by atoms with van der Waals surface area (Å²) >= 11 is 0. The highest BCUT2D eigenvalue weighted by Gasteiger charge is 2.24. The van der Waals surface area contributed by atoms with Gasteiger partial charge in [0.2, 0.25) is 5.82 Å². The molecule has 0 unspecified atom stereocenters. The smallest absolute Gasteiger partial charge is 0.291 e. The van der Waals surface area contributed by atoms with E-state index >= 15 is 0 Å². The fourth-order valence-corrected chi connectivity index (χ4v) is 2.70. The molecule has 0 bridgehead atoms. The maximum atomic E-state index is 12.4. The molecule has 1 saturated heterocycles. The SMILES string of the molecule is O=C(c1ncccn1)N1CCN(c2ccc(-n3cccn3)nn2)CC1. The van der Waals surface area contributed by atoms with Gasteiger partial charge in [-0.25, -0.2) is 14.6 Å². The molecule has 3 aromatic heterocycles. The van der Waals surface area contributed by atoms with E-state index in [2.05, 4.69) is 30.2 Å². The first-order valence-electron chi connectivity index (χ1n) is 7.96. The van der Waals surface area contributed by atoms with Crippen LogP contribution >= 0.6 is 0 Å². The second-order valence-corrected chi connectivity index (χ2v) is 5.55. The molecule has 4 heterocycles. The van der Waals surface area contributed by atoms with Gasteiger partial charge in [-0.2, -0.15) is 5.10 Å². The fourth-order valence-electron chi connectivity index (χ4n) is 2.70. The molecule has 4 rings (SSSR count). The maximum absolute atomic E-state index is 12.4. The highest BCUT2D eigenvalue weighted by atomic mass is 16.2. The van der Waals surface area contributed by atoms with Crippen LogP contribution in [0.5, 0.6) is 0 Å². The molecule has 1 fully saturated rings. The van der Waals surface area contributed by atoms with Gasteiger partial charge in [-0.15, -0.1) is 10.2 Å². The van der Waals surface area contributed by atoms with Crippen LogP contribution in [-0.4, -0.2) is 66.9 Å². The van der Waals surface area contributed by atoms with E-state index in [4.69, 9.17) is 0 Å². The third-order valence-corrected chi connectivity index (χ3v) is 4.02. The first kappa shape index (κ1) is 15.2. The Morgan fingerprint density at radius 2 is 1.60 bits per heavy atom. The van der Waals surface area contributed by atoms with E-state index in [1.54, 1.807) is 34.2 Å². The largest absolute Gasteiger partial charge is 0.352 e. The average molecular weight is 336 g/mol. The lowest BCUT2D eigenvalue weighted by Crippen LogP contribution is -2.49. The zero-order chi connectivity index (χ0) is 17.1. The van der Waals surface area contributed by atoms with Gasteiger partial charge in [0.15, 0.2) is 11.6 Å². The molecule has 1 aliphatic rings. The molecule has 25 heavy (non-hydrogen) atoms. The van der Waals surface area contributed by atoms with Crippen molar-refractivity contribution >= 4 is 11.7 Å². The number of aromatic nitrogens is 6. The summed E-state index contributed by atoms with van der Waals surface area (Å²) in [5.41, 5.74) is 0. The van der Waals surface area contributed by atoms with E-state index in [1.165, 1.54) is 0 Å². The minimum Gasteiger partial charge on any atom is -0.352 e. The lowest BCUT2D eigenvalue weighted by Gasteiger charge is -2.34. The number of rotatable bonds is 3. The minimum atomic E-state index is -0.139. The van der Waals surface area contributed by atoms with Crippen molar-refractivity contribution in [3.8, 4) is 5.82 Å². The topological polar surface area (TPSA) is 92.9 Å². The van der Waals surface area contributed by atoms with Gasteiger partial charge in [-0.3, -0.25) is 4.79 Å². The Balaban J connectivity index is 1.39. The van der Waals surface area contributed by atoms with Crippen molar-refractivity contribution in [3.63, 3.8) is 0 Å². The van der Waals surface area contributed by atoms with E-state index in [0.717, 1.165) is 5.82 Å². The number of piperazine rings is 1. The molecule has 0 N–H and O–H groups in total. The number of anilines is 1. The molecule has 0 aliphatic carbocycles. The summed E-state index contributed by atoms with van der Waals surface area (Å²) in [5, 5.41) is 12.6. The van der Waals surface area contributed by atoms with Crippen LogP contribution in [0.15, 0.2) is 49.1 Å². The molecular weight excluding hydrogens is 320 g/mol. The van der Waals surface area contributed by atoms with Gasteiger partial charge in [0.25, 0.3) is 5.91 Å². The van der Waals surface area contributed by atoms with E-state index < -0.39 is 0 Å². The third kappa shape index (κ3) is 3.16. The molecular formula is C16H16N8O. The number of hydrogen-bond donors (Lipinski definition) is 0. The standard InChI is InChI=1S/C16H16N8O/c25-16(15-17-5-1-6-18-15)23-11-9-22(10-12-23)13-3-4-14(21-20-13)24-8-2-7-19-24/h1-8H,9-12H2. The summed E-state index contributed by atoms with van der Waals surface area (Å²) in [6, 6.07) is 7.33. The Morgan fingerprint density at radius 3 is 2.24 bits per heavy atom. The molecule has 1 amide bonds. The first-order valence-corrected chi connectivity index (χ1v) is 7.96. The third-order valence-electron chi connectivity index (χ3n) is 4.02. The zero-order valence-electron chi connectivity index (χ0n) is 13.4. The van der Waals surface area contributed by atoms with Crippen molar-refractivity contribution in [1.82, 2.24) is 34.8 Å². The maximum Gasteiger partial charge on any atom is 0.291 e. The molecule has 0 aromatic carbocycles. The molecule has 0 atom stereocenters. The van der Waals surface area contributed by atoms with E-state index in [9.17, 15) is 4.79 Å². The highest BCUT2D eigenvalue weighted by Crippen LogP contribution is 2.14. The van der Waals surface area contributed by atoms with Gasteiger partial charge < -0.3 is 9.80 Å². The van der Waals surface area contributed by atoms with Crippen molar-refractivity contribution in [3.05, 3.63) is 54.9 Å². The quantitative estimate of drug-likeness (QED) is 0.684. The molecule has 1 aliphatic heterocycles. The van der Waals surface area contributed by atoms with Crippen molar-refractivity contribution in [2.45, 2.75) is 0 Å². The normalized spacial score (nSPS) is 14.6. The van der Waals surface area contributed by atoms with Gasteiger partial charge in [0, 0.05) is 51.0 Å². The second-order valence-electron chi connectivity index (χ2n) is 5.55.